The van der Waals surface area contributed by atoms with Crippen LogP contribution in [0.15, 0.2) is 23.1 Å². The second-order valence-corrected chi connectivity index (χ2v) is 7.79. The smallest absolute Gasteiger partial charge is 0.243 e. The van der Waals surface area contributed by atoms with E-state index in [1.807, 2.05) is 20.8 Å². The summed E-state index contributed by atoms with van der Waals surface area (Å²) < 4.78 is 39.4. The summed E-state index contributed by atoms with van der Waals surface area (Å²) in [4.78, 5) is -0.0539. The lowest BCUT2D eigenvalue weighted by Crippen LogP contribution is -2.35. The first-order valence-corrected chi connectivity index (χ1v) is 7.47. The highest BCUT2D eigenvalue weighted by molar-refractivity contribution is 7.89. The second-order valence-electron chi connectivity index (χ2n) is 5.78. The molecule has 6 heteroatoms. The number of nitrogens with zero attached hydrogens (tertiary/aromatic N) is 1. The van der Waals surface area contributed by atoms with Gasteiger partial charge in [-0.05, 0) is 23.1 Å². The highest BCUT2D eigenvalue weighted by atomic mass is 32.2. The topological polar surface area (TPSA) is 63.4 Å². The zero-order chi connectivity index (χ0) is 14.8. The van der Waals surface area contributed by atoms with Crippen molar-refractivity contribution in [2.24, 2.45) is 11.1 Å². The van der Waals surface area contributed by atoms with Crippen molar-refractivity contribution >= 4 is 10.0 Å². The van der Waals surface area contributed by atoms with Crippen molar-refractivity contribution in [2.75, 3.05) is 13.6 Å². The Morgan fingerprint density at radius 1 is 1.32 bits per heavy atom. The average molecular weight is 288 g/mol. The van der Waals surface area contributed by atoms with E-state index in [-0.39, 0.29) is 16.9 Å². The molecule has 0 aromatic heterocycles. The molecule has 0 unspecified atom stereocenters. The molecule has 0 saturated heterocycles. The maximum atomic E-state index is 13.3. The molecule has 0 bridgehead atoms. The van der Waals surface area contributed by atoms with E-state index in [4.69, 9.17) is 5.73 Å². The third-order valence-electron chi connectivity index (χ3n) is 2.63. The van der Waals surface area contributed by atoms with E-state index < -0.39 is 15.8 Å². The largest absolute Gasteiger partial charge is 0.326 e. The Kier molecular flexibility index (Phi) is 4.71. The standard InChI is InChI=1S/C13H21FN2O2S/c1-13(2,3)9-16(4)19(17,18)12-7-11(14)6-5-10(12)8-15/h5-7H,8-9,15H2,1-4H3. The summed E-state index contributed by atoms with van der Waals surface area (Å²) in [6.07, 6.45) is 0. The Labute approximate surface area is 114 Å². The van der Waals surface area contributed by atoms with E-state index in [9.17, 15) is 12.8 Å². The number of hydrogen-bond donors (Lipinski definition) is 1. The van der Waals surface area contributed by atoms with Crippen LogP contribution in [-0.2, 0) is 16.6 Å². The van der Waals surface area contributed by atoms with Gasteiger partial charge in [0.1, 0.15) is 5.82 Å². The number of benzene rings is 1. The number of nitrogens with two attached hydrogens (primary N) is 1. The van der Waals surface area contributed by atoms with Crippen LogP contribution in [0.1, 0.15) is 26.3 Å². The minimum Gasteiger partial charge on any atom is -0.326 e. The van der Waals surface area contributed by atoms with Gasteiger partial charge in [-0.3, -0.25) is 0 Å². The monoisotopic (exact) mass is 288 g/mol. The molecule has 0 aliphatic rings. The lowest BCUT2D eigenvalue weighted by molar-refractivity contribution is 0.310. The van der Waals surface area contributed by atoms with Crippen LogP contribution in [0.25, 0.3) is 0 Å². The van der Waals surface area contributed by atoms with Crippen LogP contribution in [0.5, 0.6) is 0 Å². The Morgan fingerprint density at radius 3 is 2.37 bits per heavy atom. The van der Waals surface area contributed by atoms with Gasteiger partial charge < -0.3 is 5.73 Å². The molecule has 0 amide bonds. The molecule has 2 N–H and O–H groups in total. The SMILES string of the molecule is CN(CC(C)(C)C)S(=O)(=O)c1cc(F)ccc1CN. The van der Waals surface area contributed by atoms with Crippen molar-refractivity contribution in [1.82, 2.24) is 4.31 Å². The summed E-state index contributed by atoms with van der Waals surface area (Å²) in [6.45, 7) is 6.21. The zero-order valence-electron chi connectivity index (χ0n) is 11.8. The first-order chi connectivity index (χ1) is 8.58. The fourth-order valence-corrected chi connectivity index (χ4v) is 3.50. The second kappa shape index (κ2) is 5.56. The maximum absolute atomic E-state index is 13.3. The van der Waals surface area contributed by atoms with Gasteiger partial charge in [0.15, 0.2) is 0 Å². The van der Waals surface area contributed by atoms with Crippen LogP contribution in [0, 0.1) is 11.2 Å². The summed E-state index contributed by atoms with van der Waals surface area (Å²) in [7, 11) is -2.23. The minimum atomic E-state index is -3.72. The van der Waals surface area contributed by atoms with Crippen molar-refractivity contribution in [2.45, 2.75) is 32.2 Å². The van der Waals surface area contributed by atoms with E-state index in [2.05, 4.69) is 0 Å². The highest BCUT2D eigenvalue weighted by Gasteiger charge is 2.27. The number of halogens is 1. The van der Waals surface area contributed by atoms with Gasteiger partial charge in [0.25, 0.3) is 0 Å². The van der Waals surface area contributed by atoms with E-state index in [1.54, 1.807) is 0 Å². The van der Waals surface area contributed by atoms with Gasteiger partial charge in [-0.15, -0.1) is 0 Å². The molecule has 1 aromatic carbocycles. The van der Waals surface area contributed by atoms with E-state index in [0.717, 1.165) is 6.07 Å². The molecule has 0 atom stereocenters. The van der Waals surface area contributed by atoms with E-state index in [0.29, 0.717) is 12.1 Å². The van der Waals surface area contributed by atoms with Gasteiger partial charge in [0.2, 0.25) is 10.0 Å². The van der Waals surface area contributed by atoms with Gasteiger partial charge in [0, 0.05) is 20.1 Å². The third kappa shape index (κ3) is 3.99. The first-order valence-electron chi connectivity index (χ1n) is 6.03. The summed E-state index contributed by atoms with van der Waals surface area (Å²) in [6, 6.07) is 3.65. The van der Waals surface area contributed by atoms with Gasteiger partial charge >= 0.3 is 0 Å². The molecular weight excluding hydrogens is 267 g/mol. The van der Waals surface area contributed by atoms with E-state index >= 15 is 0 Å². The molecule has 0 radical (unpaired) electrons. The molecule has 0 aliphatic heterocycles. The predicted molar refractivity (Wildman–Crippen MR) is 73.6 cm³/mol. The van der Waals surface area contributed by atoms with Crippen LogP contribution < -0.4 is 5.73 Å². The summed E-state index contributed by atoms with van der Waals surface area (Å²) in [5, 5.41) is 0. The molecule has 0 fully saturated rings. The third-order valence-corrected chi connectivity index (χ3v) is 4.52. The Morgan fingerprint density at radius 2 is 1.89 bits per heavy atom. The predicted octanol–water partition coefficient (Wildman–Crippen LogP) is 1.95. The van der Waals surface area contributed by atoms with Crippen molar-refractivity contribution in [1.29, 1.82) is 0 Å². The molecule has 1 aromatic rings. The van der Waals surface area contributed by atoms with E-state index in [1.165, 1.54) is 23.5 Å². The van der Waals surface area contributed by atoms with Crippen LogP contribution in [-0.4, -0.2) is 26.3 Å². The van der Waals surface area contributed by atoms with Gasteiger partial charge in [-0.2, -0.15) is 0 Å². The summed E-state index contributed by atoms with van der Waals surface area (Å²) >= 11 is 0. The average Bonchev–Trinajstić information content (AvgIpc) is 2.26. The molecule has 19 heavy (non-hydrogen) atoms. The number of rotatable bonds is 4. The van der Waals surface area contributed by atoms with Gasteiger partial charge in [-0.25, -0.2) is 17.1 Å². The molecule has 0 heterocycles. The normalized spacial score (nSPS) is 13.0. The van der Waals surface area contributed by atoms with Crippen molar-refractivity contribution in [3.63, 3.8) is 0 Å². The molecular formula is C13H21FN2O2S. The van der Waals surface area contributed by atoms with Gasteiger partial charge in [-0.1, -0.05) is 26.8 Å². The quantitative estimate of drug-likeness (QED) is 0.921. The number of hydrogen-bond acceptors (Lipinski definition) is 3. The zero-order valence-corrected chi connectivity index (χ0v) is 12.6. The van der Waals surface area contributed by atoms with Gasteiger partial charge in [0.05, 0.1) is 4.90 Å². The Hall–Kier alpha value is -0.980. The van der Waals surface area contributed by atoms with Crippen LogP contribution in [0.2, 0.25) is 0 Å². The fourth-order valence-electron chi connectivity index (χ4n) is 1.86. The molecule has 0 spiro atoms. The Bertz CT molecular complexity index is 550. The Balaban J connectivity index is 3.23. The highest BCUT2D eigenvalue weighted by Crippen LogP contribution is 2.24. The molecule has 0 saturated carbocycles. The first kappa shape index (κ1) is 16.1. The lowest BCUT2D eigenvalue weighted by atomic mass is 9.97. The van der Waals surface area contributed by atoms with Crippen LogP contribution in [0.4, 0.5) is 4.39 Å². The van der Waals surface area contributed by atoms with Crippen molar-refractivity contribution < 1.29 is 12.8 Å². The lowest BCUT2D eigenvalue weighted by Gasteiger charge is -2.26. The van der Waals surface area contributed by atoms with Crippen LogP contribution >= 0.6 is 0 Å². The fraction of sp³-hybridized carbons (Fsp3) is 0.538. The maximum Gasteiger partial charge on any atom is 0.243 e. The summed E-state index contributed by atoms with van der Waals surface area (Å²) in [5.41, 5.74) is 5.76. The van der Waals surface area contributed by atoms with Crippen molar-refractivity contribution in [3.8, 4) is 0 Å². The molecule has 1 rings (SSSR count). The molecule has 0 aliphatic carbocycles. The van der Waals surface area contributed by atoms with Crippen LogP contribution in [0.3, 0.4) is 0 Å². The summed E-state index contributed by atoms with van der Waals surface area (Å²) in [5.74, 6) is -0.583. The molecule has 4 nitrogen and oxygen atoms in total. The van der Waals surface area contributed by atoms with Crippen molar-refractivity contribution in [3.05, 3.63) is 29.6 Å². The minimum absolute atomic E-state index is 0.0538. The molecule has 108 valence electrons. The number of sulfonamides is 1.